The van der Waals surface area contributed by atoms with E-state index in [4.69, 9.17) is 27.6 Å². The summed E-state index contributed by atoms with van der Waals surface area (Å²) in [5.74, 6) is 0.849. The summed E-state index contributed by atoms with van der Waals surface area (Å²) in [4.78, 5) is 12.0. The number of furan rings is 1. The number of thiophene rings is 1. The molecule has 2 nitrogen and oxygen atoms in total. The van der Waals surface area contributed by atoms with E-state index in [1.54, 1.807) is 18.2 Å². The van der Waals surface area contributed by atoms with Gasteiger partial charge in [-0.25, -0.2) is 0 Å². The van der Waals surface area contributed by atoms with Gasteiger partial charge in [-0.2, -0.15) is 0 Å². The Labute approximate surface area is 107 Å². The summed E-state index contributed by atoms with van der Waals surface area (Å²) in [7, 11) is 0. The molecule has 2 heterocycles. The largest absolute Gasteiger partial charge is 0.458 e. The standard InChI is InChI=1S/C11H8Cl2O2S/c1-2-6-3-4-8(15-6)10(14)7-5-9(12)16-11(7)13/h3-5H,2H2,1H3. The van der Waals surface area contributed by atoms with Crippen molar-refractivity contribution < 1.29 is 9.21 Å². The maximum Gasteiger partial charge on any atom is 0.230 e. The number of hydrogen-bond donors (Lipinski definition) is 0. The first kappa shape index (κ1) is 11.7. The van der Waals surface area contributed by atoms with Crippen LogP contribution in [0.1, 0.15) is 28.8 Å². The van der Waals surface area contributed by atoms with Gasteiger partial charge in [-0.1, -0.05) is 30.1 Å². The smallest absolute Gasteiger partial charge is 0.230 e. The van der Waals surface area contributed by atoms with E-state index in [0.29, 0.717) is 20.0 Å². The van der Waals surface area contributed by atoms with Gasteiger partial charge in [-0.15, -0.1) is 11.3 Å². The summed E-state index contributed by atoms with van der Waals surface area (Å²) in [6.45, 7) is 1.96. The zero-order chi connectivity index (χ0) is 11.7. The number of aryl methyl sites for hydroxylation is 1. The van der Waals surface area contributed by atoms with Crippen molar-refractivity contribution in [2.75, 3.05) is 0 Å². The van der Waals surface area contributed by atoms with Crippen molar-refractivity contribution in [3.8, 4) is 0 Å². The molecule has 0 radical (unpaired) electrons. The number of rotatable bonds is 3. The quantitative estimate of drug-likeness (QED) is 0.775. The third kappa shape index (κ3) is 2.17. The zero-order valence-electron chi connectivity index (χ0n) is 8.42. The Morgan fingerprint density at radius 1 is 1.44 bits per heavy atom. The predicted octanol–water partition coefficient (Wildman–Crippen LogP) is 4.44. The fourth-order valence-electron chi connectivity index (χ4n) is 1.32. The van der Waals surface area contributed by atoms with Gasteiger partial charge in [0.1, 0.15) is 10.1 Å². The van der Waals surface area contributed by atoms with Crippen LogP contribution in [0.5, 0.6) is 0 Å². The van der Waals surface area contributed by atoms with Crippen LogP contribution in [0, 0.1) is 0 Å². The molecule has 0 atom stereocenters. The van der Waals surface area contributed by atoms with E-state index in [2.05, 4.69) is 0 Å². The zero-order valence-corrected chi connectivity index (χ0v) is 10.7. The Kier molecular flexibility index (Phi) is 3.38. The highest BCUT2D eigenvalue weighted by Crippen LogP contribution is 2.32. The lowest BCUT2D eigenvalue weighted by atomic mass is 10.2. The van der Waals surface area contributed by atoms with E-state index in [-0.39, 0.29) is 5.78 Å². The van der Waals surface area contributed by atoms with E-state index in [1.807, 2.05) is 6.92 Å². The van der Waals surface area contributed by atoms with Crippen LogP contribution < -0.4 is 0 Å². The summed E-state index contributed by atoms with van der Waals surface area (Å²) in [6, 6.07) is 5.00. The highest BCUT2D eigenvalue weighted by atomic mass is 35.5. The minimum Gasteiger partial charge on any atom is -0.458 e. The first-order chi connectivity index (χ1) is 7.61. The molecule has 5 heteroatoms. The second-order valence-electron chi connectivity index (χ2n) is 3.19. The number of halogens is 2. The van der Waals surface area contributed by atoms with Gasteiger partial charge in [0.2, 0.25) is 5.78 Å². The SMILES string of the molecule is CCc1ccc(C(=O)c2cc(Cl)sc2Cl)o1. The third-order valence-electron chi connectivity index (χ3n) is 2.14. The molecule has 0 aliphatic heterocycles. The Morgan fingerprint density at radius 3 is 2.69 bits per heavy atom. The van der Waals surface area contributed by atoms with Crippen LogP contribution in [0.4, 0.5) is 0 Å². The van der Waals surface area contributed by atoms with Crippen LogP contribution in [0.25, 0.3) is 0 Å². The molecular formula is C11H8Cl2O2S. The average molecular weight is 275 g/mol. The van der Waals surface area contributed by atoms with Gasteiger partial charge in [-0.3, -0.25) is 4.79 Å². The fraction of sp³-hybridized carbons (Fsp3) is 0.182. The van der Waals surface area contributed by atoms with Crippen molar-refractivity contribution in [3.63, 3.8) is 0 Å². The molecule has 0 saturated carbocycles. The van der Waals surface area contributed by atoms with E-state index < -0.39 is 0 Å². The molecule has 2 aromatic heterocycles. The number of carbonyl (C=O) groups is 1. The molecule has 0 saturated heterocycles. The van der Waals surface area contributed by atoms with Gasteiger partial charge >= 0.3 is 0 Å². The molecule has 0 unspecified atom stereocenters. The van der Waals surface area contributed by atoms with Crippen molar-refractivity contribution in [1.82, 2.24) is 0 Å². The molecule has 16 heavy (non-hydrogen) atoms. The van der Waals surface area contributed by atoms with E-state index in [1.165, 1.54) is 11.3 Å². The highest BCUT2D eigenvalue weighted by Gasteiger charge is 2.18. The first-order valence-electron chi connectivity index (χ1n) is 4.70. The van der Waals surface area contributed by atoms with Crippen molar-refractivity contribution >= 4 is 40.3 Å². The minimum atomic E-state index is -0.229. The van der Waals surface area contributed by atoms with Crippen LogP contribution in [-0.4, -0.2) is 5.78 Å². The average Bonchev–Trinajstić information content (AvgIpc) is 2.84. The molecular weight excluding hydrogens is 267 g/mol. The van der Waals surface area contributed by atoms with Gasteiger partial charge in [-0.05, 0) is 18.2 Å². The van der Waals surface area contributed by atoms with Gasteiger partial charge < -0.3 is 4.42 Å². The van der Waals surface area contributed by atoms with Crippen molar-refractivity contribution in [2.24, 2.45) is 0 Å². The second kappa shape index (κ2) is 4.62. The fourth-order valence-corrected chi connectivity index (χ4v) is 2.78. The lowest BCUT2D eigenvalue weighted by Crippen LogP contribution is -1.97. The first-order valence-corrected chi connectivity index (χ1v) is 6.27. The van der Waals surface area contributed by atoms with Crippen LogP contribution in [0.3, 0.4) is 0 Å². The van der Waals surface area contributed by atoms with Gasteiger partial charge in [0.25, 0.3) is 0 Å². The topological polar surface area (TPSA) is 30.2 Å². The summed E-state index contributed by atoms with van der Waals surface area (Å²) < 4.78 is 6.26. The Balaban J connectivity index is 2.35. The van der Waals surface area contributed by atoms with Gasteiger partial charge in [0, 0.05) is 6.42 Å². The molecule has 0 spiro atoms. The molecule has 0 aromatic carbocycles. The van der Waals surface area contributed by atoms with Crippen LogP contribution in [-0.2, 0) is 6.42 Å². The highest BCUT2D eigenvalue weighted by molar-refractivity contribution is 7.20. The van der Waals surface area contributed by atoms with Crippen molar-refractivity contribution in [2.45, 2.75) is 13.3 Å². The van der Waals surface area contributed by atoms with Gasteiger partial charge in [0.15, 0.2) is 5.76 Å². The summed E-state index contributed by atoms with van der Waals surface area (Å²) >= 11 is 12.9. The lowest BCUT2D eigenvalue weighted by molar-refractivity contribution is 0.101. The molecule has 2 aromatic rings. The number of carbonyl (C=O) groups excluding carboxylic acids is 1. The van der Waals surface area contributed by atoms with E-state index in [9.17, 15) is 4.79 Å². The minimum absolute atomic E-state index is 0.229. The molecule has 0 aliphatic rings. The summed E-state index contributed by atoms with van der Waals surface area (Å²) in [5, 5.41) is 0. The molecule has 84 valence electrons. The Hall–Kier alpha value is -0.770. The summed E-state index contributed by atoms with van der Waals surface area (Å²) in [6.07, 6.45) is 0.755. The molecule has 0 aliphatic carbocycles. The van der Waals surface area contributed by atoms with Crippen LogP contribution in [0.15, 0.2) is 22.6 Å². The lowest BCUT2D eigenvalue weighted by Gasteiger charge is -1.94. The summed E-state index contributed by atoms with van der Waals surface area (Å²) in [5.41, 5.74) is 0.397. The molecule has 0 fully saturated rings. The number of hydrogen-bond acceptors (Lipinski definition) is 3. The molecule has 2 rings (SSSR count). The van der Waals surface area contributed by atoms with Crippen LogP contribution >= 0.6 is 34.5 Å². The van der Waals surface area contributed by atoms with Crippen molar-refractivity contribution in [3.05, 3.63) is 44.0 Å². The third-order valence-corrected chi connectivity index (χ3v) is 3.62. The number of ketones is 1. The molecule has 0 amide bonds. The Bertz CT molecular complexity index is 528. The van der Waals surface area contributed by atoms with Crippen LogP contribution in [0.2, 0.25) is 8.67 Å². The van der Waals surface area contributed by atoms with Gasteiger partial charge in [0.05, 0.1) is 9.90 Å². The predicted molar refractivity (Wildman–Crippen MR) is 65.9 cm³/mol. The second-order valence-corrected chi connectivity index (χ2v) is 5.47. The Morgan fingerprint density at radius 2 is 2.19 bits per heavy atom. The maximum absolute atomic E-state index is 12.0. The molecule has 0 bridgehead atoms. The monoisotopic (exact) mass is 274 g/mol. The van der Waals surface area contributed by atoms with Crippen molar-refractivity contribution in [1.29, 1.82) is 0 Å². The van der Waals surface area contributed by atoms with E-state index in [0.717, 1.165) is 12.2 Å². The van der Waals surface area contributed by atoms with E-state index >= 15 is 0 Å². The normalized spacial score (nSPS) is 10.7. The maximum atomic E-state index is 12.0. The molecule has 0 N–H and O–H groups in total.